The summed E-state index contributed by atoms with van der Waals surface area (Å²) >= 11 is 0. The van der Waals surface area contributed by atoms with Gasteiger partial charge < -0.3 is 14.7 Å². The van der Waals surface area contributed by atoms with E-state index in [4.69, 9.17) is 4.74 Å². The molecule has 2 bridgehead atoms. The Morgan fingerprint density at radius 1 is 1.10 bits per heavy atom. The zero-order valence-corrected chi connectivity index (χ0v) is 12.8. The summed E-state index contributed by atoms with van der Waals surface area (Å²) in [6, 6.07) is 0. The van der Waals surface area contributed by atoms with Crippen molar-refractivity contribution in [3.63, 3.8) is 0 Å². The van der Waals surface area contributed by atoms with Gasteiger partial charge in [-0.3, -0.25) is 0 Å². The van der Waals surface area contributed by atoms with E-state index in [9.17, 15) is 5.11 Å². The Kier molecular flexibility index (Phi) is 5.36. The van der Waals surface area contributed by atoms with Crippen LogP contribution in [-0.2, 0) is 4.74 Å². The Balaban J connectivity index is 1.24. The third kappa shape index (κ3) is 3.96. The summed E-state index contributed by atoms with van der Waals surface area (Å²) in [5.41, 5.74) is 0. The van der Waals surface area contributed by atoms with Crippen molar-refractivity contribution in [2.45, 2.75) is 57.5 Å². The lowest BCUT2D eigenvalue weighted by atomic mass is 9.87. The van der Waals surface area contributed by atoms with E-state index in [2.05, 4.69) is 4.90 Å². The van der Waals surface area contributed by atoms with E-state index in [1.54, 1.807) is 0 Å². The van der Waals surface area contributed by atoms with Crippen LogP contribution in [0.3, 0.4) is 0 Å². The molecule has 4 atom stereocenters. The zero-order chi connectivity index (χ0) is 13.8. The lowest BCUT2D eigenvalue weighted by molar-refractivity contribution is 0.00805. The fourth-order valence-corrected chi connectivity index (χ4v) is 4.68. The highest BCUT2D eigenvalue weighted by Crippen LogP contribution is 2.49. The Bertz CT molecular complexity index is 291. The number of aliphatic hydroxyl groups is 1. The van der Waals surface area contributed by atoms with Crippen LogP contribution >= 0.6 is 0 Å². The van der Waals surface area contributed by atoms with Gasteiger partial charge in [0.05, 0.1) is 12.7 Å². The molecule has 0 unspecified atom stereocenters. The maximum Gasteiger partial charge on any atom is 0.0900 e. The number of fused-ring (bicyclic) bond motifs is 2. The van der Waals surface area contributed by atoms with Gasteiger partial charge >= 0.3 is 0 Å². The van der Waals surface area contributed by atoms with Crippen LogP contribution in [0.5, 0.6) is 0 Å². The molecule has 3 heteroatoms. The molecule has 0 amide bonds. The molecule has 0 radical (unpaired) electrons. The molecule has 0 aromatic carbocycles. The first kappa shape index (κ1) is 14.8. The fraction of sp³-hybridized carbons (Fsp3) is 1.00. The molecule has 116 valence electrons. The summed E-state index contributed by atoms with van der Waals surface area (Å²) in [6.45, 7) is 4.49. The van der Waals surface area contributed by atoms with E-state index in [0.29, 0.717) is 6.61 Å². The second-order valence-electron chi connectivity index (χ2n) is 7.31. The Labute approximate surface area is 123 Å². The number of nitrogens with zero attached hydrogens (tertiary/aromatic N) is 1. The third-order valence-electron chi connectivity index (χ3n) is 5.75. The molecule has 1 N–H and O–H groups in total. The minimum Gasteiger partial charge on any atom is -0.389 e. The number of hydrogen-bond acceptors (Lipinski definition) is 3. The molecule has 1 saturated heterocycles. The number of aliphatic hydroxyl groups excluding tert-OH is 1. The largest absolute Gasteiger partial charge is 0.389 e. The Morgan fingerprint density at radius 3 is 2.65 bits per heavy atom. The molecule has 0 aromatic heterocycles. The van der Waals surface area contributed by atoms with E-state index in [1.807, 2.05) is 0 Å². The Morgan fingerprint density at radius 2 is 1.95 bits per heavy atom. The fourth-order valence-electron chi connectivity index (χ4n) is 4.68. The summed E-state index contributed by atoms with van der Waals surface area (Å²) in [5, 5.41) is 10.0. The molecular weight excluding hydrogens is 250 g/mol. The van der Waals surface area contributed by atoms with Gasteiger partial charge in [-0.1, -0.05) is 12.8 Å². The van der Waals surface area contributed by atoms with Crippen LogP contribution in [0.15, 0.2) is 0 Å². The molecule has 1 heterocycles. The lowest BCUT2D eigenvalue weighted by Crippen LogP contribution is -2.38. The van der Waals surface area contributed by atoms with E-state index >= 15 is 0 Å². The SMILES string of the molecule is O[C@H](COCC[C@H]1C[C@@H]2CC[C@@H]1C2)CN1CCCCC1. The van der Waals surface area contributed by atoms with Crippen LogP contribution in [0.1, 0.15) is 51.4 Å². The summed E-state index contributed by atoms with van der Waals surface area (Å²) in [6.07, 6.45) is 10.7. The minimum atomic E-state index is -0.298. The van der Waals surface area contributed by atoms with Gasteiger partial charge in [-0.25, -0.2) is 0 Å². The van der Waals surface area contributed by atoms with Gasteiger partial charge in [0.1, 0.15) is 0 Å². The van der Waals surface area contributed by atoms with Crippen LogP contribution in [0.2, 0.25) is 0 Å². The molecule has 3 nitrogen and oxygen atoms in total. The maximum absolute atomic E-state index is 10.0. The molecule has 3 fully saturated rings. The van der Waals surface area contributed by atoms with Crippen LogP contribution in [0.4, 0.5) is 0 Å². The molecule has 2 saturated carbocycles. The number of hydrogen-bond donors (Lipinski definition) is 1. The molecule has 0 spiro atoms. The summed E-state index contributed by atoms with van der Waals surface area (Å²) in [5.74, 6) is 2.96. The topological polar surface area (TPSA) is 32.7 Å². The quantitative estimate of drug-likeness (QED) is 0.728. The summed E-state index contributed by atoms with van der Waals surface area (Å²) < 4.78 is 5.73. The summed E-state index contributed by atoms with van der Waals surface area (Å²) in [4.78, 5) is 2.38. The summed E-state index contributed by atoms with van der Waals surface area (Å²) in [7, 11) is 0. The highest BCUT2D eigenvalue weighted by molar-refractivity contribution is 4.89. The average Bonchev–Trinajstić information content (AvgIpc) is 3.07. The number of likely N-dealkylation sites (tertiary alicyclic amines) is 1. The van der Waals surface area contributed by atoms with E-state index in [-0.39, 0.29) is 6.10 Å². The molecule has 2 aliphatic carbocycles. The van der Waals surface area contributed by atoms with Crippen molar-refractivity contribution in [2.75, 3.05) is 32.8 Å². The molecule has 3 rings (SSSR count). The monoisotopic (exact) mass is 281 g/mol. The first-order chi connectivity index (χ1) is 9.81. The van der Waals surface area contributed by atoms with Crippen molar-refractivity contribution in [3.8, 4) is 0 Å². The first-order valence-electron chi connectivity index (χ1n) is 8.79. The molecule has 20 heavy (non-hydrogen) atoms. The van der Waals surface area contributed by atoms with Gasteiger partial charge in [-0.2, -0.15) is 0 Å². The molecular formula is C17H31NO2. The predicted molar refractivity (Wildman–Crippen MR) is 80.7 cm³/mol. The number of piperidine rings is 1. The number of ether oxygens (including phenoxy) is 1. The van der Waals surface area contributed by atoms with Gasteiger partial charge in [0.25, 0.3) is 0 Å². The van der Waals surface area contributed by atoms with Crippen LogP contribution in [-0.4, -0.2) is 49.0 Å². The van der Waals surface area contributed by atoms with Crippen molar-refractivity contribution in [1.82, 2.24) is 4.90 Å². The van der Waals surface area contributed by atoms with Gasteiger partial charge in [0.2, 0.25) is 0 Å². The van der Waals surface area contributed by atoms with Crippen molar-refractivity contribution in [3.05, 3.63) is 0 Å². The van der Waals surface area contributed by atoms with Crippen molar-refractivity contribution in [2.24, 2.45) is 17.8 Å². The van der Waals surface area contributed by atoms with Crippen molar-refractivity contribution >= 4 is 0 Å². The van der Waals surface area contributed by atoms with Gasteiger partial charge in [0.15, 0.2) is 0 Å². The van der Waals surface area contributed by atoms with Crippen LogP contribution < -0.4 is 0 Å². The Hall–Kier alpha value is -0.120. The molecule has 3 aliphatic rings. The molecule has 1 aliphatic heterocycles. The van der Waals surface area contributed by atoms with Crippen LogP contribution in [0, 0.1) is 17.8 Å². The lowest BCUT2D eigenvalue weighted by Gasteiger charge is -2.28. The number of rotatable bonds is 7. The van der Waals surface area contributed by atoms with Gasteiger partial charge in [-0.15, -0.1) is 0 Å². The second-order valence-corrected chi connectivity index (χ2v) is 7.31. The van der Waals surface area contributed by atoms with E-state index in [0.717, 1.165) is 44.0 Å². The highest BCUT2D eigenvalue weighted by Gasteiger charge is 2.38. The van der Waals surface area contributed by atoms with Crippen molar-refractivity contribution < 1.29 is 9.84 Å². The third-order valence-corrected chi connectivity index (χ3v) is 5.75. The van der Waals surface area contributed by atoms with Crippen LogP contribution in [0.25, 0.3) is 0 Å². The average molecular weight is 281 g/mol. The smallest absolute Gasteiger partial charge is 0.0900 e. The second kappa shape index (κ2) is 7.24. The maximum atomic E-state index is 10.0. The van der Waals surface area contributed by atoms with Gasteiger partial charge in [0, 0.05) is 13.2 Å². The predicted octanol–water partition coefficient (Wildman–Crippen LogP) is 2.68. The van der Waals surface area contributed by atoms with E-state index in [1.165, 1.54) is 51.4 Å². The molecule has 0 aromatic rings. The normalized spacial score (nSPS) is 35.5. The van der Waals surface area contributed by atoms with Crippen molar-refractivity contribution in [1.29, 1.82) is 0 Å². The first-order valence-corrected chi connectivity index (χ1v) is 8.79. The van der Waals surface area contributed by atoms with Gasteiger partial charge in [-0.05, 0) is 69.4 Å². The van der Waals surface area contributed by atoms with E-state index < -0.39 is 0 Å². The zero-order valence-electron chi connectivity index (χ0n) is 12.8. The number of β-amino-alcohol motifs (C(OH)–C–C–N with tert-alkyl or cyclic N) is 1. The standard InChI is InChI=1S/C17H31NO2/c19-17(12-18-7-2-1-3-8-18)13-20-9-6-16-11-14-4-5-15(16)10-14/h14-17,19H,1-13H2/t14-,15-,16+,17+/m1/s1. The minimum absolute atomic E-state index is 0.298. The highest BCUT2D eigenvalue weighted by atomic mass is 16.5.